The van der Waals surface area contributed by atoms with Crippen molar-refractivity contribution >= 4 is 0 Å². The Kier molecular flexibility index (Phi) is 2.11. The van der Waals surface area contributed by atoms with Gasteiger partial charge in [0.15, 0.2) is 0 Å². The minimum absolute atomic E-state index is 0.243. The lowest BCUT2D eigenvalue weighted by atomic mass is 10.0. The summed E-state index contributed by atoms with van der Waals surface area (Å²) in [4.78, 5) is 0. The minimum atomic E-state index is 0.243. The summed E-state index contributed by atoms with van der Waals surface area (Å²) in [5.74, 6) is 1.69. The van der Waals surface area contributed by atoms with Crippen LogP contribution in [-0.2, 0) is 0 Å². The van der Waals surface area contributed by atoms with E-state index >= 15 is 0 Å². The van der Waals surface area contributed by atoms with Crippen LogP contribution in [0.4, 0.5) is 0 Å². The van der Waals surface area contributed by atoms with E-state index in [1.807, 2.05) is 6.08 Å². The van der Waals surface area contributed by atoms with E-state index in [1.165, 1.54) is 6.42 Å². The fourth-order valence-corrected chi connectivity index (χ4v) is 1.41. The molecular weight excluding hydrogens is 122 g/mol. The van der Waals surface area contributed by atoms with Crippen molar-refractivity contribution < 1.29 is 0 Å². The highest BCUT2D eigenvalue weighted by Crippen LogP contribution is 2.44. The van der Waals surface area contributed by atoms with Gasteiger partial charge in [0.1, 0.15) is 0 Å². The van der Waals surface area contributed by atoms with Gasteiger partial charge in [-0.25, -0.2) is 0 Å². The minimum Gasteiger partial charge on any atom is -0.198 e. The van der Waals surface area contributed by atoms with Crippen molar-refractivity contribution in [2.45, 2.75) is 19.8 Å². The number of hydrogen-bond acceptors (Lipinski definition) is 1. The third-order valence-corrected chi connectivity index (χ3v) is 2.27. The average molecular weight is 135 g/mol. The molecule has 10 heavy (non-hydrogen) atoms. The van der Waals surface area contributed by atoms with Crippen molar-refractivity contribution in [2.24, 2.45) is 17.8 Å². The maximum Gasteiger partial charge on any atom is 0.0662 e. The molecule has 0 aromatic heterocycles. The Balaban J connectivity index is 2.36. The summed E-state index contributed by atoms with van der Waals surface area (Å²) in [5.41, 5.74) is 0. The van der Waals surface area contributed by atoms with Gasteiger partial charge in [-0.15, -0.1) is 6.58 Å². The second-order valence-electron chi connectivity index (χ2n) is 3.14. The van der Waals surface area contributed by atoms with Crippen molar-refractivity contribution in [3.05, 3.63) is 12.7 Å². The first-order valence-electron chi connectivity index (χ1n) is 3.80. The van der Waals surface area contributed by atoms with E-state index in [-0.39, 0.29) is 5.92 Å². The molecule has 1 saturated carbocycles. The largest absolute Gasteiger partial charge is 0.198 e. The van der Waals surface area contributed by atoms with Crippen LogP contribution < -0.4 is 0 Å². The number of allylic oxidation sites excluding steroid dienone is 1. The van der Waals surface area contributed by atoms with Gasteiger partial charge in [0.2, 0.25) is 0 Å². The first-order chi connectivity index (χ1) is 4.79. The van der Waals surface area contributed by atoms with E-state index in [0.29, 0.717) is 5.92 Å². The Morgan fingerprint density at radius 1 is 1.90 bits per heavy atom. The van der Waals surface area contributed by atoms with Crippen LogP contribution in [0.5, 0.6) is 0 Å². The molecule has 1 nitrogen and oxygen atoms in total. The molecule has 0 bridgehead atoms. The van der Waals surface area contributed by atoms with Crippen LogP contribution in [0.2, 0.25) is 0 Å². The monoisotopic (exact) mass is 135 g/mol. The van der Waals surface area contributed by atoms with Crippen LogP contribution in [0.25, 0.3) is 0 Å². The van der Waals surface area contributed by atoms with E-state index in [1.54, 1.807) is 0 Å². The fraction of sp³-hybridized carbons (Fsp3) is 0.667. The molecular formula is C9H13N. The lowest BCUT2D eigenvalue weighted by Gasteiger charge is -2.01. The standard InChI is InChI=1S/C9H13N/c1-3-4-8(6-10)9-5-7(9)2/h3,7-9H,1,4-5H2,2H3. The maximum atomic E-state index is 8.69. The zero-order valence-electron chi connectivity index (χ0n) is 6.38. The molecule has 0 spiro atoms. The molecule has 0 N–H and O–H groups in total. The number of rotatable bonds is 3. The Morgan fingerprint density at radius 3 is 2.80 bits per heavy atom. The van der Waals surface area contributed by atoms with E-state index in [9.17, 15) is 0 Å². The highest BCUT2D eigenvalue weighted by atomic mass is 14.4. The molecule has 1 aliphatic carbocycles. The maximum absolute atomic E-state index is 8.69. The van der Waals surface area contributed by atoms with Crippen molar-refractivity contribution in [3.8, 4) is 6.07 Å². The zero-order valence-corrected chi connectivity index (χ0v) is 6.38. The molecule has 1 heteroatoms. The predicted molar refractivity (Wildman–Crippen MR) is 41.2 cm³/mol. The first kappa shape index (κ1) is 7.34. The predicted octanol–water partition coefficient (Wildman–Crippen LogP) is 2.36. The molecule has 0 heterocycles. The van der Waals surface area contributed by atoms with Crippen LogP contribution in [0.15, 0.2) is 12.7 Å². The topological polar surface area (TPSA) is 23.8 Å². The summed E-state index contributed by atoms with van der Waals surface area (Å²) >= 11 is 0. The van der Waals surface area contributed by atoms with Crippen molar-refractivity contribution in [1.82, 2.24) is 0 Å². The van der Waals surface area contributed by atoms with Gasteiger partial charge in [-0.1, -0.05) is 13.0 Å². The van der Waals surface area contributed by atoms with Gasteiger partial charge in [-0.05, 0) is 24.7 Å². The number of nitriles is 1. The molecule has 3 atom stereocenters. The molecule has 1 fully saturated rings. The molecule has 0 aromatic rings. The van der Waals surface area contributed by atoms with Crippen LogP contribution >= 0.6 is 0 Å². The Bertz CT molecular complexity index is 166. The molecule has 54 valence electrons. The molecule has 1 aliphatic rings. The second-order valence-corrected chi connectivity index (χ2v) is 3.14. The third kappa shape index (κ3) is 1.39. The molecule has 0 amide bonds. The average Bonchev–Trinajstić information content (AvgIpc) is 2.62. The van der Waals surface area contributed by atoms with Crippen molar-refractivity contribution in [2.75, 3.05) is 0 Å². The summed E-state index contributed by atoms with van der Waals surface area (Å²) in [7, 11) is 0. The number of nitrogens with zero attached hydrogens (tertiary/aromatic N) is 1. The Hall–Kier alpha value is -0.770. The lowest BCUT2D eigenvalue weighted by molar-refractivity contribution is 0.556. The van der Waals surface area contributed by atoms with Crippen LogP contribution in [0.1, 0.15) is 19.8 Å². The summed E-state index contributed by atoms with van der Waals surface area (Å²) in [6.45, 7) is 5.84. The Morgan fingerprint density at radius 2 is 2.50 bits per heavy atom. The third-order valence-electron chi connectivity index (χ3n) is 2.27. The fourth-order valence-electron chi connectivity index (χ4n) is 1.41. The van der Waals surface area contributed by atoms with Crippen molar-refractivity contribution in [1.29, 1.82) is 5.26 Å². The summed E-state index contributed by atoms with van der Waals surface area (Å²) in [5, 5.41) is 8.69. The van der Waals surface area contributed by atoms with Gasteiger partial charge in [0.05, 0.1) is 12.0 Å². The lowest BCUT2D eigenvalue weighted by Crippen LogP contribution is -1.98. The molecule has 1 rings (SSSR count). The van der Waals surface area contributed by atoms with E-state index in [4.69, 9.17) is 5.26 Å². The van der Waals surface area contributed by atoms with Crippen LogP contribution in [0, 0.1) is 29.1 Å². The van der Waals surface area contributed by atoms with Gasteiger partial charge in [0, 0.05) is 0 Å². The summed E-state index contributed by atoms with van der Waals surface area (Å²) in [6, 6.07) is 2.32. The van der Waals surface area contributed by atoms with Crippen LogP contribution in [0.3, 0.4) is 0 Å². The van der Waals surface area contributed by atoms with Crippen molar-refractivity contribution in [3.63, 3.8) is 0 Å². The first-order valence-corrected chi connectivity index (χ1v) is 3.80. The van der Waals surface area contributed by atoms with E-state index in [0.717, 1.165) is 12.3 Å². The SMILES string of the molecule is C=CCC(C#N)C1CC1C. The van der Waals surface area contributed by atoms with Gasteiger partial charge in [-0.3, -0.25) is 0 Å². The number of hydrogen-bond donors (Lipinski definition) is 0. The van der Waals surface area contributed by atoms with Gasteiger partial charge < -0.3 is 0 Å². The summed E-state index contributed by atoms with van der Waals surface area (Å²) < 4.78 is 0. The quantitative estimate of drug-likeness (QED) is 0.545. The molecule has 0 radical (unpaired) electrons. The molecule has 0 aromatic carbocycles. The molecule has 3 unspecified atom stereocenters. The van der Waals surface area contributed by atoms with Gasteiger partial charge in [0.25, 0.3) is 0 Å². The highest BCUT2D eigenvalue weighted by molar-refractivity contribution is 5.00. The highest BCUT2D eigenvalue weighted by Gasteiger charge is 2.38. The summed E-state index contributed by atoms with van der Waals surface area (Å²) in [6.07, 6.45) is 3.95. The van der Waals surface area contributed by atoms with Gasteiger partial charge in [-0.2, -0.15) is 5.26 Å². The van der Waals surface area contributed by atoms with Gasteiger partial charge >= 0.3 is 0 Å². The van der Waals surface area contributed by atoms with E-state index in [2.05, 4.69) is 19.6 Å². The Labute approximate surface area is 62.4 Å². The van der Waals surface area contributed by atoms with E-state index < -0.39 is 0 Å². The molecule has 0 saturated heterocycles. The van der Waals surface area contributed by atoms with Crippen LogP contribution in [-0.4, -0.2) is 0 Å². The zero-order chi connectivity index (χ0) is 7.56. The molecule has 0 aliphatic heterocycles. The smallest absolute Gasteiger partial charge is 0.0662 e. The normalized spacial score (nSPS) is 32.4. The second kappa shape index (κ2) is 2.88.